The number of aromatic nitrogens is 3. The highest BCUT2D eigenvalue weighted by molar-refractivity contribution is 5.81. The first kappa shape index (κ1) is 25.3. The molecule has 1 unspecified atom stereocenters. The number of esters is 1. The van der Waals surface area contributed by atoms with E-state index in [9.17, 15) is 4.79 Å². The third kappa shape index (κ3) is 7.12. The van der Waals surface area contributed by atoms with Crippen LogP contribution in [-0.4, -0.2) is 32.5 Å². The zero-order chi connectivity index (χ0) is 25.0. The molecular formula is C30H34N4O2. The van der Waals surface area contributed by atoms with Gasteiger partial charge >= 0.3 is 5.97 Å². The molecule has 6 nitrogen and oxygen atoms in total. The van der Waals surface area contributed by atoms with Crippen molar-refractivity contribution in [1.29, 1.82) is 0 Å². The number of para-hydroxylation sites is 1. The van der Waals surface area contributed by atoms with Crippen LogP contribution in [0.1, 0.15) is 49.9 Å². The Morgan fingerprint density at radius 2 is 1.56 bits per heavy atom. The summed E-state index contributed by atoms with van der Waals surface area (Å²) in [5, 5.41) is 9.06. The molecule has 0 amide bonds. The first-order valence-electron chi connectivity index (χ1n) is 12.7. The number of unbranched alkanes of at least 4 members (excludes halogenated alkanes) is 2. The number of benzene rings is 3. The molecule has 0 radical (unpaired) electrons. The molecule has 0 aliphatic rings. The molecular weight excluding hydrogens is 448 g/mol. The number of fused-ring (bicyclic) bond motifs is 1. The minimum Gasteiger partial charge on any atom is -0.463 e. The second kappa shape index (κ2) is 13.4. The molecule has 4 rings (SSSR count). The minimum absolute atomic E-state index is 0.0341. The van der Waals surface area contributed by atoms with E-state index in [4.69, 9.17) is 4.74 Å². The third-order valence-electron chi connectivity index (χ3n) is 6.16. The highest BCUT2D eigenvalue weighted by Crippen LogP contribution is 2.28. The van der Waals surface area contributed by atoms with Gasteiger partial charge in [-0.1, -0.05) is 84.1 Å². The molecule has 0 saturated heterocycles. The van der Waals surface area contributed by atoms with Crippen molar-refractivity contribution in [1.82, 2.24) is 19.9 Å². The zero-order valence-electron chi connectivity index (χ0n) is 20.9. The van der Waals surface area contributed by atoms with Gasteiger partial charge in [0.2, 0.25) is 0 Å². The molecule has 1 atom stereocenters. The van der Waals surface area contributed by atoms with Crippen molar-refractivity contribution in [3.05, 3.63) is 108 Å². The topological polar surface area (TPSA) is 60.2 Å². The van der Waals surface area contributed by atoms with Crippen molar-refractivity contribution in [2.75, 3.05) is 6.61 Å². The van der Waals surface area contributed by atoms with Crippen LogP contribution in [0.25, 0.3) is 11.0 Å². The number of hydrogen-bond acceptors (Lipinski definition) is 5. The van der Waals surface area contributed by atoms with Crippen LogP contribution in [0.4, 0.5) is 0 Å². The maximum atomic E-state index is 11.6. The number of ether oxygens (including phenoxy) is 1. The summed E-state index contributed by atoms with van der Waals surface area (Å²) in [6.45, 7) is 3.82. The van der Waals surface area contributed by atoms with Crippen molar-refractivity contribution in [3.8, 4) is 0 Å². The number of rotatable bonds is 13. The Balaban J connectivity index is 1.57. The molecule has 3 aromatic carbocycles. The van der Waals surface area contributed by atoms with Gasteiger partial charge in [0.25, 0.3) is 0 Å². The van der Waals surface area contributed by atoms with E-state index in [1.807, 2.05) is 31.2 Å². The largest absolute Gasteiger partial charge is 0.463 e. The van der Waals surface area contributed by atoms with E-state index in [2.05, 4.69) is 86.6 Å². The normalized spacial score (nSPS) is 12.4. The summed E-state index contributed by atoms with van der Waals surface area (Å²) in [6, 6.07) is 29.3. The van der Waals surface area contributed by atoms with Gasteiger partial charge in [0, 0.05) is 19.2 Å². The van der Waals surface area contributed by atoms with Gasteiger partial charge in [-0.3, -0.25) is 4.90 Å². The average Bonchev–Trinajstić information content (AvgIpc) is 3.33. The zero-order valence-corrected chi connectivity index (χ0v) is 20.9. The quantitative estimate of drug-likeness (QED) is 0.127. The maximum absolute atomic E-state index is 11.6. The standard InChI is InChI=1S/C30H34N4O2/c1-2-36-30(35)22-12-4-3-11-21-29(34-28-20-14-13-19-27(28)31-32-34)33(23-25-15-7-5-8-16-25)24-26-17-9-6-10-18-26/h5-10,12-20,22,29H,2-4,11,21,23-24H2,1H3/b22-12+. The summed E-state index contributed by atoms with van der Waals surface area (Å²) < 4.78 is 7.05. The number of nitrogens with zero attached hydrogens (tertiary/aromatic N) is 4. The van der Waals surface area contributed by atoms with Gasteiger partial charge in [-0.25, -0.2) is 9.48 Å². The second-order valence-corrected chi connectivity index (χ2v) is 8.82. The molecule has 0 fully saturated rings. The SMILES string of the molecule is CCOC(=O)/C=C/CCCCC(N(Cc1ccccc1)Cc1ccccc1)n1nnc2ccccc21. The van der Waals surface area contributed by atoms with E-state index >= 15 is 0 Å². The summed E-state index contributed by atoms with van der Waals surface area (Å²) >= 11 is 0. The Hall–Kier alpha value is -3.77. The van der Waals surface area contributed by atoms with E-state index < -0.39 is 0 Å². The van der Waals surface area contributed by atoms with E-state index in [0.29, 0.717) is 6.61 Å². The van der Waals surface area contributed by atoms with Crippen LogP contribution in [0.2, 0.25) is 0 Å². The van der Waals surface area contributed by atoms with E-state index in [1.165, 1.54) is 17.2 Å². The Bertz CT molecular complexity index is 1200. The fraction of sp³-hybridized carbons (Fsp3) is 0.300. The lowest BCUT2D eigenvalue weighted by Crippen LogP contribution is -2.33. The molecule has 4 aromatic rings. The van der Waals surface area contributed by atoms with Crippen molar-refractivity contribution in [2.24, 2.45) is 0 Å². The monoisotopic (exact) mass is 482 g/mol. The van der Waals surface area contributed by atoms with Gasteiger partial charge < -0.3 is 4.74 Å². The van der Waals surface area contributed by atoms with Crippen molar-refractivity contribution >= 4 is 17.0 Å². The average molecular weight is 483 g/mol. The molecule has 0 saturated carbocycles. The molecule has 0 bridgehead atoms. The van der Waals surface area contributed by atoms with Crippen LogP contribution in [-0.2, 0) is 22.6 Å². The van der Waals surface area contributed by atoms with Gasteiger partial charge in [0.05, 0.1) is 12.1 Å². The van der Waals surface area contributed by atoms with Crippen LogP contribution in [0, 0.1) is 0 Å². The molecule has 1 aromatic heterocycles. The Labute approximate surface area is 213 Å². The molecule has 6 heteroatoms. The molecule has 186 valence electrons. The maximum Gasteiger partial charge on any atom is 0.330 e. The summed E-state index contributed by atoms with van der Waals surface area (Å²) in [5.41, 5.74) is 4.47. The van der Waals surface area contributed by atoms with E-state index in [0.717, 1.165) is 49.8 Å². The molecule has 0 N–H and O–H groups in total. The van der Waals surface area contributed by atoms with Crippen LogP contribution < -0.4 is 0 Å². The molecule has 0 spiro atoms. The second-order valence-electron chi connectivity index (χ2n) is 8.82. The van der Waals surface area contributed by atoms with E-state index in [1.54, 1.807) is 0 Å². The van der Waals surface area contributed by atoms with Gasteiger partial charge in [-0.05, 0) is 55.9 Å². The van der Waals surface area contributed by atoms with Gasteiger partial charge in [-0.2, -0.15) is 0 Å². The summed E-state index contributed by atoms with van der Waals surface area (Å²) in [6.07, 6.45) is 7.19. The van der Waals surface area contributed by atoms with Crippen LogP contribution in [0.5, 0.6) is 0 Å². The highest BCUT2D eigenvalue weighted by atomic mass is 16.5. The first-order valence-corrected chi connectivity index (χ1v) is 12.7. The lowest BCUT2D eigenvalue weighted by atomic mass is 10.1. The third-order valence-corrected chi connectivity index (χ3v) is 6.16. The Morgan fingerprint density at radius 3 is 2.22 bits per heavy atom. The lowest BCUT2D eigenvalue weighted by Gasteiger charge is -2.32. The van der Waals surface area contributed by atoms with E-state index in [-0.39, 0.29) is 12.1 Å². The number of carbonyl (C=O) groups excluding carboxylic acids is 1. The van der Waals surface area contributed by atoms with Crippen LogP contribution >= 0.6 is 0 Å². The van der Waals surface area contributed by atoms with Crippen molar-refractivity contribution in [2.45, 2.75) is 51.9 Å². The van der Waals surface area contributed by atoms with Crippen LogP contribution in [0.15, 0.2) is 97.1 Å². The van der Waals surface area contributed by atoms with Crippen LogP contribution in [0.3, 0.4) is 0 Å². The number of allylic oxidation sites excluding steroid dienone is 1. The summed E-state index contributed by atoms with van der Waals surface area (Å²) in [5.74, 6) is -0.277. The number of hydrogen-bond donors (Lipinski definition) is 0. The van der Waals surface area contributed by atoms with Crippen molar-refractivity contribution in [3.63, 3.8) is 0 Å². The molecule has 0 aliphatic heterocycles. The Kier molecular flexibility index (Phi) is 9.39. The summed E-state index contributed by atoms with van der Waals surface area (Å²) in [7, 11) is 0. The Morgan fingerprint density at radius 1 is 0.917 bits per heavy atom. The van der Waals surface area contributed by atoms with Gasteiger partial charge in [0.1, 0.15) is 11.7 Å². The highest BCUT2D eigenvalue weighted by Gasteiger charge is 2.23. The van der Waals surface area contributed by atoms with Gasteiger partial charge in [0.15, 0.2) is 0 Å². The fourth-order valence-corrected chi connectivity index (χ4v) is 4.43. The smallest absolute Gasteiger partial charge is 0.330 e. The van der Waals surface area contributed by atoms with Gasteiger partial charge in [-0.15, -0.1) is 5.10 Å². The predicted octanol–water partition coefficient (Wildman–Crippen LogP) is 6.31. The minimum atomic E-state index is -0.277. The molecule has 0 aliphatic carbocycles. The van der Waals surface area contributed by atoms with Crippen molar-refractivity contribution < 1.29 is 9.53 Å². The molecule has 1 heterocycles. The summed E-state index contributed by atoms with van der Waals surface area (Å²) in [4.78, 5) is 14.1. The molecule has 36 heavy (non-hydrogen) atoms. The number of carbonyl (C=O) groups is 1. The lowest BCUT2D eigenvalue weighted by molar-refractivity contribution is -0.137. The predicted molar refractivity (Wildman–Crippen MR) is 143 cm³/mol. The fourth-order valence-electron chi connectivity index (χ4n) is 4.43. The first-order chi connectivity index (χ1) is 17.7.